The number of alkyl halides is 3. The first-order chi connectivity index (χ1) is 17.2. The Kier molecular flexibility index (Phi) is 7.69. The number of carbonyl (C=O) groups is 2. The van der Waals surface area contributed by atoms with Crippen LogP contribution in [0.25, 0.3) is 0 Å². The van der Waals surface area contributed by atoms with Gasteiger partial charge in [0.15, 0.2) is 5.78 Å². The lowest BCUT2D eigenvalue weighted by Crippen LogP contribution is -2.39. The number of carbonyl (C=O) groups excluding carboxylic acids is 2. The van der Waals surface area contributed by atoms with Crippen LogP contribution in [0.3, 0.4) is 0 Å². The van der Waals surface area contributed by atoms with Crippen molar-refractivity contribution >= 4 is 23.2 Å². The van der Waals surface area contributed by atoms with Crippen molar-refractivity contribution in [1.29, 1.82) is 0 Å². The van der Waals surface area contributed by atoms with Crippen LogP contribution in [0, 0.1) is 0 Å². The molecule has 0 spiro atoms. The zero-order valence-electron chi connectivity index (χ0n) is 19.8. The summed E-state index contributed by atoms with van der Waals surface area (Å²) >= 11 is 0. The highest BCUT2D eigenvalue weighted by molar-refractivity contribution is 5.98. The number of anilines is 2. The lowest BCUT2D eigenvalue weighted by Gasteiger charge is -2.30. The van der Waals surface area contributed by atoms with Gasteiger partial charge in [-0.15, -0.1) is 0 Å². The molecule has 1 amide bonds. The Morgan fingerprint density at radius 3 is 2.39 bits per heavy atom. The summed E-state index contributed by atoms with van der Waals surface area (Å²) in [6.07, 6.45) is -2.87. The van der Waals surface area contributed by atoms with E-state index in [1.165, 1.54) is 13.0 Å². The van der Waals surface area contributed by atoms with Gasteiger partial charge in [-0.1, -0.05) is 42.5 Å². The van der Waals surface area contributed by atoms with Crippen molar-refractivity contribution in [3.8, 4) is 0 Å². The van der Waals surface area contributed by atoms with Crippen molar-refractivity contribution in [2.24, 2.45) is 0 Å². The van der Waals surface area contributed by atoms with Gasteiger partial charge in [-0.2, -0.15) is 13.2 Å². The molecule has 9 heteroatoms. The molecule has 0 saturated carbocycles. The molecule has 0 aliphatic carbocycles. The zero-order valence-corrected chi connectivity index (χ0v) is 19.8. The minimum absolute atomic E-state index is 0.0878. The second-order valence-electron chi connectivity index (χ2n) is 8.72. The smallest absolute Gasteiger partial charge is 0.355 e. The molecule has 2 aromatic carbocycles. The molecule has 1 aliphatic heterocycles. The number of nitrogens with one attached hydrogen (secondary N) is 1. The standard InChI is InChI=1S/C27H27F3N4O2/c1-19(35)21-9-5-10-23(17-21)32-26(36)25(20-7-3-2-4-8-20)34-14-6-13-33(15-16-34)24-12-11-22(18-31-24)27(28,29)30/h2-5,7-12,17-18,25H,6,13-16H2,1H3,(H,32,36). The van der Waals surface area contributed by atoms with Gasteiger partial charge < -0.3 is 10.2 Å². The Morgan fingerprint density at radius 1 is 0.944 bits per heavy atom. The van der Waals surface area contributed by atoms with Crippen LogP contribution in [0.1, 0.15) is 40.9 Å². The molecule has 188 valence electrons. The summed E-state index contributed by atoms with van der Waals surface area (Å²) in [6, 6.07) is 18.1. The lowest BCUT2D eigenvalue weighted by atomic mass is 10.0. The number of hydrogen-bond acceptors (Lipinski definition) is 5. The fourth-order valence-electron chi connectivity index (χ4n) is 4.36. The summed E-state index contributed by atoms with van der Waals surface area (Å²) in [5.41, 5.74) is 1.11. The van der Waals surface area contributed by atoms with Crippen LogP contribution in [-0.4, -0.2) is 47.8 Å². The Hall–Kier alpha value is -3.72. The molecule has 1 unspecified atom stereocenters. The minimum Gasteiger partial charge on any atom is -0.355 e. The number of halogens is 3. The van der Waals surface area contributed by atoms with Crippen LogP contribution in [0.4, 0.5) is 24.7 Å². The number of ketones is 1. The van der Waals surface area contributed by atoms with E-state index in [1.807, 2.05) is 35.2 Å². The minimum atomic E-state index is -4.43. The number of nitrogens with zero attached hydrogens (tertiary/aromatic N) is 3. The van der Waals surface area contributed by atoms with Crippen molar-refractivity contribution in [2.75, 3.05) is 36.4 Å². The molecular weight excluding hydrogens is 469 g/mol. The SMILES string of the molecule is CC(=O)c1cccc(NC(=O)C(c2ccccc2)N2CCCN(c3ccc(C(F)(F)F)cn3)CC2)c1. The molecule has 36 heavy (non-hydrogen) atoms. The average Bonchev–Trinajstić information content (AvgIpc) is 3.11. The maximum atomic E-state index is 13.5. The van der Waals surface area contributed by atoms with Crippen LogP contribution in [0.2, 0.25) is 0 Å². The van der Waals surface area contributed by atoms with Gasteiger partial charge in [0.2, 0.25) is 5.91 Å². The monoisotopic (exact) mass is 496 g/mol. The van der Waals surface area contributed by atoms with E-state index in [2.05, 4.69) is 15.2 Å². The third-order valence-corrected chi connectivity index (χ3v) is 6.20. The molecule has 2 heterocycles. The number of Topliss-reactive ketones (excluding diaryl/α,β-unsaturated/α-hetero) is 1. The molecule has 1 N–H and O–H groups in total. The first kappa shape index (κ1) is 25.4. The van der Waals surface area contributed by atoms with Gasteiger partial charge in [0, 0.05) is 43.6 Å². The molecule has 1 aliphatic rings. The topological polar surface area (TPSA) is 65.5 Å². The highest BCUT2D eigenvalue weighted by atomic mass is 19.4. The third-order valence-electron chi connectivity index (χ3n) is 6.20. The molecule has 0 radical (unpaired) electrons. The van der Waals surface area contributed by atoms with Gasteiger partial charge in [0.1, 0.15) is 11.9 Å². The highest BCUT2D eigenvalue weighted by Gasteiger charge is 2.32. The molecular formula is C27H27F3N4O2. The van der Waals surface area contributed by atoms with Crippen LogP contribution in [-0.2, 0) is 11.0 Å². The first-order valence-corrected chi connectivity index (χ1v) is 11.7. The molecule has 1 atom stereocenters. The summed E-state index contributed by atoms with van der Waals surface area (Å²) in [7, 11) is 0. The van der Waals surface area contributed by atoms with E-state index in [-0.39, 0.29) is 11.7 Å². The fourth-order valence-corrected chi connectivity index (χ4v) is 4.36. The second-order valence-corrected chi connectivity index (χ2v) is 8.72. The largest absolute Gasteiger partial charge is 0.417 e. The number of benzene rings is 2. The van der Waals surface area contributed by atoms with Gasteiger partial charge in [-0.3, -0.25) is 14.5 Å². The highest BCUT2D eigenvalue weighted by Crippen LogP contribution is 2.30. The van der Waals surface area contributed by atoms with E-state index in [1.54, 1.807) is 24.3 Å². The predicted octanol–water partition coefficient (Wildman–Crippen LogP) is 5.20. The number of amides is 1. The maximum Gasteiger partial charge on any atom is 0.417 e. The molecule has 1 saturated heterocycles. The predicted molar refractivity (Wildman–Crippen MR) is 132 cm³/mol. The molecule has 4 rings (SSSR count). The Labute approximate surface area is 207 Å². The Bertz CT molecular complexity index is 1200. The summed E-state index contributed by atoms with van der Waals surface area (Å²) in [5, 5.41) is 2.95. The van der Waals surface area contributed by atoms with Crippen LogP contribution >= 0.6 is 0 Å². The number of rotatable bonds is 6. The van der Waals surface area contributed by atoms with Gasteiger partial charge in [-0.25, -0.2) is 4.98 Å². The molecule has 1 fully saturated rings. The quantitative estimate of drug-likeness (QED) is 0.476. The molecule has 0 bridgehead atoms. The molecule has 6 nitrogen and oxygen atoms in total. The van der Waals surface area contributed by atoms with E-state index in [4.69, 9.17) is 0 Å². The Balaban J connectivity index is 1.52. The van der Waals surface area contributed by atoms with E-state index in [0.717, 1.165) is 17.8 Å². The maximum absolute atomic E-state index is 13.5. The van der Waals surface area contributed by atoms with Crippen molar-refractivity contribution in [1.82, 2.24) is 9.88 Å². The van der Waals surface area contributed by atoms with Gasteiger partial charge in [0.05, 0.1) is 5.56 Å². The lowest BCUT2D eigenvalue weighted by molar-refractivity contribution is -0.137. The van der Waals surface area contributed by atoms with Crippen molar-refractivity contribution < 1.29 is 22.8 Å². The van der Waals surface area contributed by atoms with E-state index >= 15 is 0 Å². The van der Waals surface area contributed by atoms with Crippen LogP contribution in [0.15, 0.2) is 72.9 Å². The number of hydrogen-bond donors (Lipinski definition) is 1. The van der Waals surface area contributed by atoms with Crippen molar-refractivity contribution in [3.05, 3.63) is 89.6 Å². The number of aromatic nitrogens is 1. The van der Waals surface area contributed by atoms with Crippen LogP contribution < -0.4 is 10.2 Å². The van der Waals surface area contributed by atoms with E-state index in [0.29, 0.717) is 49.7 Å². The normalized spacial score (nSPS) is 15.7. The van der Waals surface area contributed by atoms with Gasteiger partial charge in [-0.05, 0) is 43.2 Å². The van der Waals surface area contributed by atoms with Gasteiger partial charge >= 0.3 is 6.18 Å². The zero-order chi connectivity index (χ0) is 25.7. The van der Waals surface area contributed by atoms with Crippen LogP contribution in [0.5, 0.6) is 0 Å². The Morgan fingerprint density at radius 2 is 1.72 bits per heavy atom. The van der Waals surface area contributed by atoms with Crippen molar-refractivity contribution in [3.63, 3.8) is 0 Å². The van der Waals surface area contributed by atoms with E-state index < -0.39 is 17.8 Å². The summed E-state index contributed by atoms with van der Waals surface area (Å²) in [5.74, 6) is 0.171. The summed E-state index contributed by atoms with van der Waals surface area (Å²) in [4.78, 5) is 33.3. The number of pyridine rings is 1. The summed E-state index contributed by atoms with van der Waals surface area (Å²) < 4.78 is 38.7. The summed E-state index contributed by atoms with van der Waals surface area (Å²) in [6.45, 7) is 3.73. The van der Waals surface area contributed by atoms with E-state index in [9.17, 15) is 22.8 Å². The van der Waals surface area contributed by atoms with Crippen molar-refractivity contribution in [2.45, 2.75) is 25.6 Å². The molecule has 3 aromatic rings. The molecule has 1 aromatic heterocycles. The first-order valence-electron chi connectivity index (χ1n) is 11.7. The average molecular weight is 497 g/mol. The van der Waals surface area contributed by atoms with Gasteiger partial charge in [0.25, 0.3) is 0 Å². The second kappa shape index (κ2) is 10.9. The third kappa shape index (κ3) is 6.09. The fraction of sp³-hybridized carbons (Fsp3) is 0.296.